The van der Waals surface area contributed by atoms with Crippen LogP contribution in [0.3, 0.4) is 0 Å². The molecule has 1 aromatic rings. The quantitative estimate of drug-likeness (QED) is 0.815. The topological polar surface area (TPSA) is 70.4 Å². The molecule has 1 aromatic heterocycles. The normalized spacial score (nSPS) is 19.8. The molecule has 0 bridgehead atoms. The van der Waals surface area contributed by atoms with Crippen molar-refractivity contribution in [1.29, 1.82) is 0 Å². The highest BCUT2D eigenvalue weighted by Gasteiger charge is 2.26. The van der Waals surface area contributed by atoms with Crippen LogP contribution in [0.25, 0.3) is 0 Å². The van der Waals surface area contributed by atoms with Crippen molar-refractivity contribution < 1.29 is 15.0 Å². The number of fused-ring (bicyclic) bond motifs is 1. The van der Waals surface area contributed by atoms with Crippen molar-refractivity contribution >= 4 is 5.97 Å². The van der Waals surface area contributed by atoms with E-state index in [1.54, 1.807) is 19.9 Å². The molecule has 0 amide bonds. The highest BCUT2D eigenvalue weighted by atomic mass is 16.4. The summed E-state index contributed by atoms with van der Waals surface area (Å²) in [6.07, 6.45) is 1.85. The van der Waals surface area contributed by atoms with Crippen molar-refractivity contribution in [3.8, 4) is 0 Å². The number of carboxylic acid groups (broad SMARTS) is 1. The van der Waals surface area contributed by atoms with Gasteiger partial charge in [-0.15, -0.1) is 0 Å². The molecule has 2 rings (SSSR count). The van der Waals surface area contributed by atoms with E-state index >= 15 is 0 Å². The van der Waals surface area contributed by atoms with E-state index in [1.165, 1.54) is 0 Å². The summed E-state index contributed by atoms with van der Waals surface area (Å²) < 4.78 is 0. The van der Waals surface area contributed by atoms with Gasteiger partial charge in [0.15, 0.2) is 0 Å². The van der Waals surface area contributed by atoms with Crippen LogP contribution in [0.4, 0.5) is 0 Å². The maximum absolute atomic E-state index is 10.9. The lowest BCUT2D eigenvalue weighted by molar-refractivity contribution is -0.142. The summed E-state index contributed by atoms with van der Waals surface area (Å²) >= 11 is 0. The first kappa shape index (κ1) is 12.0. The van der Waals surface area contributed by atoms with Gasteiger partial charge in [-0.3, -0.25) is 9.78 Å². The molecular weight excluding hydrogens is 218 g/mol. The molecule has 1 atom stereocenters. The Balaban J connectivity index is 2.29. The van der Waals surface area contributed by atoms with E-state index in [9.17, 15) is 9.90 Å². The minimum atomic E-state index is -0.946. The molecule has 0 fully saturated rings. The number of carboxylic acids is 1. The minimum Gasteiger partial charge on any atom is -0.481 e. The van der Waals surface area contributed by atoms with Crippen LogP contribution in [0, 0.1) is 5.92 Å². The van der Waals surface area contributed by atoms with E-state index in [-0.39, 0.29) is 5.92 Å². The van der Waals surface area contributed by atoms with Gasteiger partial charge in [-0.05, 0) is 44.7 Å². The predicted molar refractivity (Wildman–Crippen MR) is 62.6 cm³/mol. The molecule has 1 unspecified atom stereocenters. The van der Waals surface area contributed by atoms with Gasteiger partial charge in [0, 0.05) is 5.69 Å². The van der Waals surface area contributed by atoms with Crippen molar-refractivity contribution in [2.45, 2.75) is 38.7 Å². The third kappa shape index (κ3) is 2.47. The summed E-state index contributed by atoms with van der Waals surface area (Å²) in [5.41, 5.74) is 1.63. The van der Waals surface area contributed by atoms with Gasteiger partial charge in [0.1, 0.15) is 5.60 Å². The van der Waals surface area contributed by atoms with E-state index < -0.39 is 11.6 Å². The minimum absolute atomic E-state index is 0.294. The number of pyridine rings is 1. The summed E-state index contributed by atoms with van der Waals surface area (Å²) in [5.74, 6) is -1.03. The molecule has 0 aromatic carbocycles. The fraction of sp³-hybridized carbons (Fsp3) is 0.538. The van der Waals surface area contributed by atoms with Crippen LogP contribution in [0.5, 0.6) is 0 Å². The van der Waals surface area contributed by atoms with Gasteiger partial charge in [0.25, 0.3) is 0 Å². The summed E-state index contributed by atoms with van der Waals surface area (Å²) in [5, 5.41) is 18.9. The van der Waals surface area contributed by atoms with Gasteiger partial charge in [-0.1, -0.05) is 6.07 Å². The molecule has 0 aliphatic heterocycles. The number of hydrogen-bond acceptors (Lipinski definition) is 3. The van der Waals surface area contributed by atoms with Crippen LogP contribution in [0.1, 0.15) is 37.2 Å². The number of aliphatic carboxylic acids is 1. The zero-order valence-corrected chi connectivity index (χ0v) is 10.1. The standard InChI is InChI=1S/C13H17NO3/c1-13(2,17)11-6-4-8-7-9(12(15)16)3-5-10(8)14-11/h4,6,9,17H,3,5,7H2,1-2H3,(H,15,16). The average Bonchev–Trinajstić information content (AvgIpc) is 2.26. The average molecular weight is 235 g/mol. The van der Waals surface area contributed by atoms with Crippen molar-refractivity contribution in [2.24, 2.45) is 5.92 Å². The molecule has 1 heterocycles. The number of rotatable bonds is 2. The summed E-state index contributed by atoms with van der Waals surface area (Å²) in [6.45, 7) is 3.40. The number of aryl methyl sites for hydroxylation is 1. The van der Waals surface area contributed by atoms with E-state index in [4.69, 9.17) is 5.11 Å². The first-order valence-corrected chi connectivity index (χ1v) is 5.82. The fourth-order valence-electron chi connectivity index (χ4n) is 2.16. The van der Waals surface area contributed by atoms with Crippen LogP contribution < -0.4 is 0 Å². The first-order chi connectivity index (χ1) is 7.88. The second-order valence-electron chi connectivity index (χ2n) is 5.14. The fourth-order valence-corrected chi connectivity index (χ4v) is 2.16. The zero-order chi connectivity index (χ0) is 12.6. The largest absolute Gasteiger partial charge is 0.481 e. The first-order valence-electron chi connectivity index (χ1n) is 5.82. The van der Waals surface area contributed by atoms with Gasteiger partial charge in [0.2, 0.25) is 0 Å². The van der Waals surface area contributed by atoms with Gasteiger partial charge < -0.3 is 10.2 Å². The zero-order valence-electron chi connectivity index (χ0n) is 10.1. The monoisotopic (exact) mass is 235 g/mol. The molecule has 17 heavy (non-hydrogen) atoms. The molecule has 4 heteroatoms. The molecule has 0 saturated heterocycles. The van der Waals surface area contributed by atoms with Gasteiger partial charge in [-0.2, -0.15) is 0 Å². The van der Waals surface area contributed by atoms with Crippen molar-refractivity contribution in [3.05, 3.63) is 29.1 Å². The Bertz CT molecular complexity index is 448. The van der Waals surface area contributed by atoms with Crippen LogP contribution in [0.2, 0.25) is 0 Å². The van der Waals surface area contributed by atoms with E-state index in [1.807, 2.05) is 6.07 Å². The van der Waals surface area contributed by atoms with Crippen molar-refractivity contribution in [3.63, 3.8) is 0 Å². The lowest BCUT2D eigenvalue weighted by Crippen LogP contribution is -2.25. The number of nitrogens with zero attached hydrogens (tertiary/aromatic N) is 1. The lowest BCUT2D eigenvalue weighted by Gasteiger charge is -2.24. The Morgan fingerprint density at radius 2 is 2.18 bits per heavy atom. The third-order valence-corrected chi connectivity index (χ3v) is 3.24. The molecule has 0 saturated carbocycles. The highest BCUT2D eigenvalue weighted by Crippen LogP contribution is 2.27. The van der Waals surface area contributed by atoms with Gasteiger partial charge in [-0.25, -0.2) is 0 Å². The number of carbonyl (C=O) groups is 1. The Kier molecular flexibility index (Phi) is 2.91. The molecule has 0 spiro atoms. The number of hydrogen-bond donors (Lipinski definition) is 2. The van der Waals surface area contributed by atoms with Crippen LogP contribution in [-0.4, -0.2) is 21.2 Å². The van der Waals surface area contributed by atoms with Crippen molar-refractivity contribution in [2.75, 3.05) is 0 Å². The smallest absolute Gasteiger partial charge is 0.306 e. The molecule has 4 nitrogen and oxygen atoms in total. The molecule has 92 valence electrons. The van der Waals surface area contributed by atoms with Gasteiger partial charge >= 0.3 is 5.97 Å². The molecule has 2 N–H and O–H groups in total. The van der Waals surface area contributed by atoms with Crippen LogP contribution in [0.15, 0.2) is 12.1 Å². The predicted octanol–water partition coefficient (Wildman–Crippen LogP) is 1.50. The maximum atomic E-state index is 10.9. The Labute approximate surface area is 100 Å². The Morgan fingerprint density at radius 1 is 1.47 bits per heavy atom. The Morgan fingerprint density at radius 3 is 2.76 bits per heavy atom. The van der Waals surface area contributed by atoms with Crippen LogP contribution >= 0.6 is 0 Å². The number of aromatic nitrogens is 1. The van der Waals surface area contributed by atoms with Gasteiger partial charge in [0.05, 0.1) is 11.6 Å². The summed E-state index contributed by atoms with van der Waals surface area (Å²) in [4.78, 5) is 15.4. The second-order valence-corrected chi connectivity index (χ2v) is 5.14. The van der Waals surface area contributed by atoms with E-state index in [2.05, 4.69) is 4.98 Å². The molecular formula is C13H17NO3. The second kappa shape index (κ2) is 4.11. The molecule has 0 radical (unpaired) electrons. The summed E-state index contributed by atoms with van der Waals surface area (Å²) in [6, 6.07) is 3.67. The lowest BCUT2D eigenvalue weighted by atomic mass is 9.86. The maximum Gasteiger partial charge on any atom is 0.306 e. The SMILES string of the molecule is CC(C)(O)c1ccc2c(n1)CCC(C(=O)O)C2. The summed E-state index contributed by atoms with van der Waals surface area (Å²) in [7, 11) is 0. The molecule has 1 aliphatic rings. The third-order valence-electron chi connectivity index (χ3n) is 3.24. The van der Waals surface area contributed by atoms with E-state index in [0.29, 0.717) is 25.0 Å². The Hall–Kier alpha value is -1.42. The van der Waals surface area contributed by atoms with Crippen LogP contribution in [-0.2, 0) is 23.2 Å². The molecule has 1 aliphatic carbocycles. The number of aliphatic hydroxyl groups is 1. The van der Waals surface area contributed by atoms with Crippen molar-refractivity contribution in [1.82, 2.24) is 4.98 Å². The van der Waals surface area contributed by atoms with E-state index in [0.717, 1.165) is 11.3 Å². The highest BCUT2D eigenvalue weighted by molar-refractivity contribution is 5.70.